The first kappa shape index (κ1) is 8.12. The summed E-state index contributed by atoms with van der Waals surface area (Å²) in [4.78, 5) is 10.8. The number of aromatic nitrogens is 2. The van der Waals surface area contributed by atoms with E-state index in [0.29, 0.717) is 11.1 Å². The fraction of sp³-hybridized carbons (Fsp3) is 0.125. The maximum absolute atomic E-state index is 10.8. The highest BCUT2D eigenvalue weighted by molar-refractivity contribution is 7.30. The Balaban J connectivity index is 2.88. The van der Waals surface area contributed by atoms with Crippen molar-refractivity contribution in [3.63, 3.8) is 0 Å². The monoisotopic (exact) mass is 195 g/mol. The molecule has 0 aliphatic rings. The third-order valence-electron chi connectivity index (χ3n) is 1.79. The molecule has 0 aliphatic heterocycles. The molecule has 5 heteroatoms. The summed E-state index contributed by atoms with van der Waals surface area (Å²) in [7, 11) is -0.402. The third-order valence-corrected chi connectivity index (χ3v) is 3.14. The Bertz CT molecular complexity index is 478. The van der Waals surface area contributed by atoms with Crippen molar-refractivity contribution in [3.8, 4) is 0 Å². The van der Waals surface area contributed by atoms with Gasteiger partial charge in [0.15, 0.2) is 5.52 Å². The highest BCUT2D eigenvalue weighted by Gasteiger charge is 2.20. The molecule has 0 bridgehead atoms. The molecule has 1 aromatic heterocycles. The van der Waals surface area contributed by atoms with E-state index in [2.05, 4.69) is 9.59 Å². The molecule has 66 valence electrons. The van der Waals surface area contributed by atoms with Crippen LogP contribution in [0.15, 0.2) is 18.2 Å². The van der Waals surface area contributed by atoms with Gasteiger partial charge in [-0.15, -0.1) is 0 Å². The lowest BCUT2D eigenvalue weighted by Gasteiger charge is -1.89. The van der Waals surface area contributed by atoms with Crippen LogP contribution in [0.4, 0.5) is 0 Å². The van der Waals surface area contributed by atoms with Crippen molar-refractivity contribution in [2.75, 3.05) is 0 Å². The molecule has 0 amide bonds. The Morgan fingerprint density at radius 2 is 2.31 bits per heavy atom. The molecule has 0 fully saturated rings. The van der Waals surface area contributed by atoms with E-state index in [0.717, 1.165) is 4.70 Å². The van der Waals surface area contributed by atoms with Crippen LogP contribution in [0.3, 0.4) is 0 Å². The number of benzene rings is 1. The zero-order valence-corrected chi connectivity index (χ0v) is 7.71. The van der Waals surface area contributed by atoms with E-state index in [1.54, 1.807) is 18.2 Å². The normalized spacial score (nSPS) is 11.9. The number of rotatable bonds is 1. The second-order valence-corrected chi connectivity index (χ2v) is 4.15. The largest absolute Gasteiger partial charge is 0.477 e. The van der Waals surface area contributed by atoms with Gasteiger partial charge < -0.3 is 5.11 Å². The number of nitrogens with zero attached hydrogens (tertiary/aromatic N) is 2. The number of aromatic carboxylic acids is 1. The van der Waals surface area contributed by atoms with Crippen molar-refractivity contribution < 1.29 is 9.90 Å². The van der Waals surface area contributed by atoms with Crippen molar-refractivity contribution in [1.29, 1.82) is 0 Å². The number of carboxylic acids is 1. The molecular formula is C8H7N2O2S+. The number of hydrogen-bond donors (Lipinski definition) is 1. The first-order valence-electron chi connectivity index (χ1n) is 3.64. The summed E-state index contributed by atoms with van der Waals surface area (Å²) < 4.78 is 4.68. The highest BCUT2D eigenvalue weighted by Crippen LogP contribution is 2.26. The quantitative estimate of drug-likeness (QED) is 0.702. The first-order chi connectivity index (χ1) is 6.20. The van der Waals surface area contributed by atoms with E-state index in [1.165, 1.54) is 0 Å². The SMILES string of the molecule is C[s+]1nnc2cccc(C(=O)O)c21. The van der Waals surface area contributed by atoms with Gasteiger partial charge in [-0.2, -0.15) is 0 Å². The Labute approximate surface area is 77.0 Å². The molecule has 0 spiro atoms. The van der Waals surface area contributed by atoms with E-state index in [9.17, 15) is 4.79 Å². The van der Waals surface area contributed by atoms with Gasteiger partial charge in [0.1, 0.15) is 22.5 Å². The number of fused-ring (bicyclic) bond motifs is 1. The predicted octanol–water partition coefficient (Wildman–Crippen LogP) is 1.61. The molecule has 0 aliphatic carbocycles. The average Bonchev–Trinajstić information content (AvgIpc) is 2.48. The first-order valence-corrected chi connectivity index (χ1v) is 5.23. The molecule has 1 aromatic carbocycles. The van der Waals surface area contributed by atoms with Crippen LogP contribution in [0.2, 0.25) is 0 Å². The smallest absolute Gasteiger partial charge is 0.341 e. The maximum atomic E-state index is 10.8. The van der Waals surface area contributed by atoms with Gasteiger partial charge >= 0.3 is 5.97 Å². The lowest BCUT2D eigenvalue weighted by Crippen LogP contribution is -1.95. The minimum Gasteiger partial charge on any atom is -0.477 e. The molecule has 2 rings (SSSR count). The van der Waals surface area contributed by atoms with Crippen molar-refractivity contribution in [2.24, 2.45) is 6.26 Å². The van der Waals surface area contributed by atoms with Crippen molar-refractivity contribution >= 4 is 26.9 Å². The van der Waals surface area contributed by atoms with Crippen LogP contribution < -0.4 is 0 Å². The summed E-state index contributed by atoms with van der Waals surface area (Å²) >= 11 is 0. The Morgan fingerprint density at radius 3 is 3.00 bits per heavy atom. The molecule has 0 radical (unpaired) electrons. The molecule has 2 aromatic rings. The van der Waals surface area contributed by atoms with Crippen molar-refractivity contribution in [1.82, 2.24) is 9.59 Å². The molecule has 13 heavy (non-hydrogen) atoms. The zero-order valence-electron chi connectivity index (χ0n) is 6.89. The van der Waals surface area contributed by atoms with E-state index < -0.39 is 16.6 Å². The molecule has 1 N–H and O–H groups in total. The van der Waals surface area contributed by atoms with Gasteiger partial charge in [0.05, 0.1) is 4.49 Å². The summed E-state index contributed by atoms with van der Waals surface area (Å²) in [6.45, 7) is 0. The minimum atomic E-state index is -0.913. The second-order valence-electron chi connectivity index (χ2n) is 2.62. The Hall–Kier alpha value is -1.49. The lowest BCUT2D eigenvalue weighted by molar-refractivity contribution is 0.0699. The van der Waals surface area contributed by atoms with Crippen molar-refractivity contribution in [3.05, 3.63) is 23.8 Å². The van der Waals surface area contributed by atoms with E-state index >= 15 is 0 Å². The van der Waals surface area contributed by atoms with Crippen LogP contribution in [0.1, 0.15) is 10.4 Å². The Kier molecular flexibility index (Phi) is 1.73. The second kappa shape index (κ2) is 2.77. The van der Waals surface area contributed by atoms with Crippen LogP contribution in [-0.2, 0) is 6.26 Å². The summed E-state index contributed by atoms with van der Waals surface area (Å²) in [6, 6.07) is 5.05. The van der Waals surface area contributed by atoms with Gasteiger partial charge in [-0.05, 0) is 12.1 Å². The molecule has 1 unspecified atom stereocenters. The molecule has 0 saturated heterocycles. The molecule has 1 atom stereocenters. The van der Waals surface area contributed by atoms with Gasteiger partial charge in [0.25, 0.3) is 0 Å². The molecule has 0 saturated carbocycles. The summed E-state index contributed by atoms with van der Waals surface area (Å²) in [6.07, 6.45) is 1.86. The molecular weight excluding hydrogens is 188 g/mol. The molecule has 4 nitrogen and oxygen atoms in total. The topological polar surface area (TPSA) is 63.1 Å². The van der Waals surface area contributed by atoms with Crippen LogP contribution in [0.5, 0.6) is 0 Å². The Morgan fingerprint density at radius 1 is 1.54 bits per heavy atom. The van der Waals surface area contributed by atoms with Crippen LogP contribution >= 0.6 is 10.7 Å². The van der Waals surface area contributed by atoms with Crippen LogP contribution in [0, 0.1) is 0 Å². The minimum absolute atomic E-state index is 0.313. The lowest BCUT2D eigenvalue weighted by atomic mass is 10.2. The summed E-state index contributed by atoms with van der Waals surface area (Å²) in [5, 5.41) is 12.8. The van der Waals surface area contributed by atoms with Crippen molar-refractivity contribution in [2.45, 2.75) is 0 Å². The van der Waals surface area contributed by atoms with E-state index in [1.807, 2.05) is 6.26 Å². The van der Waals surface area contributed by atoms with Crippen LogP contribution in [-0.4, -0.2) is 20.7 Å². The average molecular weight is 195 g/mol. The standard InChI is InChI=1S/C8H6N2O2S/c1-13-7-5(8(11)12)3-2-4-6(7)9-10-13/h2-4H,1H3/p+1. The number of carboxylic acid groups (broad SMARTS) is 1. The van der Waals surface area contributed by atoms with Gasteiger partial charge in [-0.25, -0.2) is 4.79 Å². The fourth-order valence-electron chi connectivity index (χ4n) is 1.23. The van der Waals surface area contributed by atoms with Gasteiger partial charge in [-0.3, -0.25) is 0 Å². The third kappa shape index (κ3) is 1.17. The van der Waals surface area contributed by atoms with Gasteiger partial charge in [0, 0.05) is 0 Å². The number of aryl methyl sites for hydroxylation is 1. The molecule has 1 heterocycles. The van der Waals surface area contributed by atoms with E-state index in [-0.39, 0.29) is 0 Å². The fourth-order valence-corrected chi connectivity index (χ4v) is 2.41. The summed E-state index contributed by atoms with van der Waals surface area (Å²) in [5.41, 5.74) is 0.999. The van der Waals surface area contributed by atoms with Crippen LogP contribution in [0.25, 0.3) is 10.2 Å². The summed E-state index contributed by atoms with van der Waals surface area (Å²) in [5.74, 6) is -0.913. The maximum Gasteiger partial charge on any atom is 0.341 e. The zero-order chi connectivity index (χ0) is 9.42. The van der Waals surface area contributed by atoms with Gasteiger partial charge in [0.2, 0.25) is 4.70 Å². The van der Waals surface area contributed by atoms with E-state index in [4.69, 9.17) is 5.11 Å². The van der Waals surface area contributed by atoms with Gasteiger partial charge in [-0.1, -0.05) is 11.2 Å². The number of carbonyl (C=O) groups is 1. The highest BCUT2D eigenvalue weighted by atomic mass is 32.2. The number of hydrogen-bond acceptors (Lipinski definition) is 3. The predicted molar refractivity (Wildman–Crippen MR) is 50.0 cm³/mol.